The second kappa shape index (κ2) is 9.31. The van der Waals surface area contributed by atoms with Crippen molar-refractivity contribution in [2.45, 2.75) is 38.3 Å². The lowest BCUT2D eigenvalue weighted by Crippen LogP contribution is -2.68. The lowest BCUT2D eigenvalue weighted by molar-refractivity contribution is -0.124. The number of rotatable bonds is 5. The van der Waals surface area contributed by atoms with E-state index in [2.05, 4.69) is 61.3 Å². The quantitative estimate of drug-likeness (QED) is 0.313. The van der Waals surface area contributed by atoms with Crippen LogP contribution in [0.25, 0.3) is 23.0 Å². The smallest absolute Gasteiger partial charge is 0.223 e. The molecule has 7 heteroatoms. The summed E-state index contributed by atoms with van der Waals surface area (Å²) in [5, 5.41) is 8.86. The number of anilines is 1. The van der Waals surface area contributed by atoms with Crippen molar-refractivity contribution in [3.63, 3.8) is 0 Å². The van der Waals surface area contributed by atoms with Gasteiger partial charge in [0.25, 0.3) is 0 Å². The van der Waals surface area contributed by atoms with E-state index in [1.54, 1.807) is 7.11 Å². The maximum Gasteiger partial charge on any atom is 0.223 e. The predicted molar refractivity (Wildman–Crippen MR) is 157 cm³/mol. The van der Waals surface area contributed by atoms with Crippen molar-refractivity contribution in [3.8, 4) is 22.7 Å². The van der Waals surface area contributed by atoms with Gasteiger partial charge in [-0.25, -0.2) is 4.68 Å². The summed E-state index contributed by atoms with van der Waals surface area (Å²) in [7, 11) is 1.60. The van der Waals surface area contributed by atoms with Gasteiger partial charge in [-0.2, -0.15) is 5.10 Å². The van der Waals surface area contributed by atoms with Crippen molar-refractivity contribution in [1.29, 1.82) is 0 Å². The van der Waals surface area contributed by atoms with E-state index in [-0.39, 0.29) is 11.3 Å². The minimum absolute atomic E-state index is 0.0515. The molecule has 2 aliphatic rings. The first-order chi connectivity index (χ1) is 18.7. The Morgan fingerprint density at radius 3 is 2.62 bits per heavy atom. The first kappa shape index (κ1) is 25.3. The van der Waals surface area contributed by atoms with Gasteiger partial charge in [0.05, 0.1) is 23.5 Å². The molecule has 0 aliphatic carbocycles. The standard InChI is InChI=1S/C32H31ClN4O2/c1-21-10-12-27-25(18-21)31(2,3)32(34-29(38)15-17-36(27)32)16-14-23-20-37(24-8-6-5-7-9-24)35-30(23)22-11-13-28(39-4)26(33)19-22/h5-14,16,18-20H,15,17H2,1-4H3,(H,34,38)/b16-14+/t32-/m1/s1. The molecule has 1 aromatic heterocycles. The molecule has 39 heavy (non-hydrogen) atoms. The number of nitrogens with zero attached hydrogens (tertiary/aromatic N) is 3. The molecule has 1 atom stereocenters. The summed E-state index contributed by atoms with van der Waals surface area (Å²) < 4.78 is 7.24. The molecule has 1 fully saturated rings. The van der Waals surface area contributed by atoms with Gasteiger partial charge in [0.1, 0.15) is 11.4 Å². The van der Waals surface area contributed by atoms with Crippen LogP contribution < -0.4 is 15.0 Å². The Bertz CT molecular complexity index is 1610. The highest BCUT2D eigenvalue weighted by molar-refractivity contribution is 6.32. The van der Waals surface area contributed by atoms with Gasteiger partial charge in [-0.1, -0.05) is 67.4 Å². The van der Waals surface area contributed by atoms with E-state index in [0.29, 0.717) is 23.7 Å². The fourth-order valence-corrected chi connectivity index (χ4v) is 6.20. The second-order valence-electron chi connectivity index (χ2n) is 10.8. The molecule has 0 radical (unpaired) electrons. The lowest BCUT2D eigenvalue weighted by atomic mass is 9.74. The Kier molecular flexibility index (Phi) is 6.03. The van der Waals surface area contributed by atoms with Crippen LogP contribution in [-0.2, 0) is 10.2 Å². The number of fused-ring (bicyclic) bond motifs is 3. The van der Waals surface area contributed by atoms with Crippen LogP contribution in [0.3, 0.4) is 0 Å². The van der Waals surface area contributed by atoms with Crippen LogP contribution in [0.2, 0.25) is 5.02 Å². The summed E-state index contributed by atoms with van der Waals surface area (Å²) in [6, 6.07) is 22.3. The van der Waals surface area contributed by atoms with Crippen LogP contribution in [-0.4, -0.2) is 35.0 Å². The number of aromatic nitrogens is 2. The zero-order valence-corrected chi connectivity index (χ0v) is 23.3. The van der Waals surface area contributed by atoms with E-state index in [1.165, 1.54) is 11.1 Å². The maximum atomic E-state index is 12.9. The Morgan fingerprint density at radius 2 is 1.87 bits per heavy atom. The molecule has 1 saturated heterocycles. The third-order valence-corrected chi connectivity index (χ3v) is 8.38. The third-order valence-electron chi connectivity index (χ3n) is 8.08. The van der Waals surface area contributed by atoms with E-state index in [4.69, 9.17) is 21.4 Å². The van der Waals surface area contributed by atoms with Gasteiger partial charge in [0, 0.05) is 41.4 Å². The molecule has 0 spiro atoms. The molecule has 0 saturated carbocycles. The van der Waals surface area contributed by atoms with Crippen LogP contribution in [0, 0.1) is 6.92 Å². The van der Waals surface area contributed by atoms with E-state index in [0.717, 1.165) is 28.2 Å². The number of hydrogen-bond acceptors (Lipinski definition) is 4. The number of amides is 1. The monoisotopic (exact) mass is 538 g/mol. The maximum absolute atomic E-state index is 12.9. The highest BCUT2D eigenvalue weighted by Gasteiger charge is 2.57. The number of carbonyl (C=O) groups is 1. The van der Waals surface area contributed by atoms with Crippen molar-refractivity contribution >= 4 is 29.3 Å². The number of carbonyl (C=O) groups excluding carboxylic acids is 1. The molecular formula is C32H31ClN4O2. The van der Waals surface area contributed by atoms with Gasteiger partial charge < -0.3 is 15.0 Å². The van der Waals surface area contributed by atoms with Gasteiger partial charge in [-0.3, -0.25) is 4.79 Å². The van der Waals surface area contributed by atoms with Crippen molar-refractivity contribution < 1.29 is 9.53 Å². The molecule has 0 unspecified atom stereocenters. The zero-order chi connectivity index (χ0) is 27.4. The number of halogens is 1. The van der Waals surface area contributed by atoms with Gasteiger partial charge in [0.2, 0.25) is 5.91 Å². The molecule has 1 N–H and O–H groups in total. The third kappa shape index (κ3) is 4.02. The predicted octanol–water partition coefficient (Wildman–Crippen LogP) is 6.54. The Morgan fingerprint density at radius 1 is 1.08 bits per heavy atom. The van der Waals surface area contributed by atoms with Crippen LogP contribution in [0.5, 0.6) is 5.75 Å². The highest BCUT2D eigenvalue weighted by atomic mass is 35.5. The SMILES string of the molecule is COc1ccc(-c2nn(-c3ccccc3)cc2/C=C/[C@@]23NC(=O)CCN2c2ccc(C)cc2C3(C)C)cc1Cl. The van der Waals surface area contributed by atoms with Crippen LogP contribution in [0.15, 0.2) is 79.0 Å². The molecule has 3 aromatic carbocycles. The number of methoxy groups -OCH3 is 1. The lowest BCUT2D eigenvalue weighted by Gasteiger charge is -2.49. The number of benzene rings is 3. The molecule has 6 rings (SSSR count). The Labute approximate surface area is 233 Å². The molecule has 1 amide bonds. The summed E-state index contributed by atoms with van der Waals surface area (Å²) in [6.45, 7) is 7.18. The van der Waals surface area contributed by atoms with Gasteiger partial charge in [0.15, 0.2) is 0 Å². The van der Waals surface area contributed by atoms with Crippen LogP contribution in [0.4, 0.5) is 5.69 Å². The Balaban J connectivity index is 1.50. The Hall–Kier alpha value is -4.03. The summed E-state index contributed by atoms with van der Waals surface area (Å²) in [5.41, 5.74) is 6.03. The van der Waals surface area contributed by atoms with Crippen molar-refractivity contribution in [3.05, 3.63) is 101 Å². The number of para-hydroxylation sites is 1. The average Bonchev–Trinajstić information content (AvgIpc) is 3.43. The van der Waals surface area contributed by atoms with Crippen LogP contribution >= 0.6 is 11.6 Å². The highest BCUT2D eigenvalue weighted by Crippen LogP contribution is 2.52. The van der Waals surface area contributed by atoms with Gasteiger partial charge in [-0.05, 0) is 55.0 Å². The van der Waals surface area contributed by atoms with E-state index in [1.807, 2.05) is 59.4 Å². The average molecular weight is 539 g/mol. The fourth-order valence-electron chi connectivity index (χ4n) is 5.94. The number of ether oxygens (including phenoxy) is 1. The molecule has 0 bridgehead atoms. The van der Waals surface area contributed by atoms with Crippen molar-refractivity contribution in [2.75, 3.05) is 18.6 Å². The van der Waals surface area contributed by atoms with E-state index in [9.17, 15) is 4.79 Å². The summed E-state index contributed by atoms with van der Waals surface area (Å²) in [6.07, 6.45) is 6.70. The van der Waals surface area contributed by atoms with Gasteiger partial charge >= 0.3 is 0 Å². The first-order valence-corrected chi connectivity index (χ1v) is 13.5. The summed E-state index contributed by atoms with van der Waals surface area (Å²) >= 11 is 6.51. The minimum atomic E-state index is -0.720. The number of hydrogen-bond donors (Lipinski definition) is 1. The molecule has 3 heterocycles. The molecule has 198 valence electrons. The topological polar surface area (TPSA) is 59.4 Å². The first-order valence-electron chi connectivity index (χ1n) is 13.1. The number of nitrogens with one attached hydrogen (secondary N) is 1. The van der Waals surface area contributed by atoms with Gasteiger partial charge in [-0.15, -0.1) is 0 Å². The number of aryl methyl sites for hydroxylation is 1. The van der Waals surface area contributed by atoms with Crippen molar-refractivity contribution in [1.82, 2.24) is 15.1 Å². The largest absolute Gasteiger partial charge is 0.495 e. The van der Waals surface area contributed by atoms with Crippen molar-refractivity contribution in [2.24, 2.45) is 0 Å². The normalized spacial score (nSPS) is 19.6. The van der Waals surface area contributed by atoms with E-state index < -0.39 is 5.66 Å². The van der Waals surface area contributed by atoms with E-state index >= 15 is 0 Å². The zero-order valence-electron chi connectivity index (χ0n) is 22.5. The fraction of sp³-hybridized carbons (Fsp3) is 0.250. The summed E-state index contributed by atoms with van der Waals surface area (Å²) in [4.78, 5) is 15.2. The molecule has 2 aliphatic heterocycles. The molecular weight excluding hydrogens is 508 g/mol. The minimum Gasteiger partial charge on any atom is -0.495 e. The molecule has 6 nitrogen and oxygen atoms in total. The second-order valence-corrected chi connectivity index (χ2v) is 11.2. The van der Waals surface area contributed by atoms with Crippen LogP contribution in [0.1, 0.15) is 37.0 Å². The summed E-state index contributed by atoms with van der Waals surface area (Å²) in [5.74, 6) is 0.663. The molecule has 4 aromatic rings.